The van der Waals surface area contributed by atoms with Crippen LogP contribution in [0.3, 0.4) is 0 Å². The summed E-state index contributed by atoms with van der Waals surface area (Å²) in [6, 6.07) is 17.6. The van der Waals surface area contributed by atoms with Crippen LogP contribution in [0, 0.1) is 5.41 Å². The Bertz CT molecular complexity index is 465. The molecule has 0 radical (unpaired) electrons. The van der Waals surface area contributed by atoms with E-state index >= 15 is 0 Å². The second-order valence-electron chi connectivity index (χ2n) is 3.46. The van der Waals surface area contributed by atoms with Crippen molar-refractivity contribution in [2.75, 3.05) is 0 Å². The quantitative estimate of drug-likeness (QED) is 0.773. The predicted octanol–water partition coefficient (Wildman–Crippen LogP) is 3.26. The van der Waals surface area contributed by atoms with Gasteiger partial charge in [-0.25, -0.2) is 0 Å². The maximum Gasteiger partial charge on any atom is 0.128 e. The number of rotatable bonds is 4. The molecule has 2 aromatic carbocycles. The zero-order valence-corrected chi connectivity index (χ0v) is 8.89. The number of hydrogen-bond donors (Lipinski definition) is 1. The average molecular weight is 211 g/mol. The second-order valence-corrected chi connectivity index (χ2v) is 3.46. The molecule has 0 saturated heterocycles. The van der Waals surface area contributed by atoms with Crippen LogP contribution in [0.2, 0.25) is 0 Å². The van der Waals surface area contributed by atoms with E-state index in [1.165, 1.54) is 6.21 Å². The molecule has 0 aliphatic heterocycles. The molecule has 0 aromatic heterocycles. The van der Waals surface area contributed by atoms with Gasteiger partial charge in [-0.3, -0.25) is 0 Å². The van der Waals surface area contributed by atoms with Crippen LogP contribution in [0.4, 0.5) is 0 Å². The molecule has 2 nitrogen and oxygen atoms in total. The molecule has 0 aliphatic rings. The van der Waals surface area contributed by atoms with E-state index in [0.717, 1.165) is 16.9 Å². The second kappa shape index (κ2) is 5.12. The fraction of sp³-hybridized carbons (Fsp3) is 0.0714. The Morgan fingerprint density at radius 1 is 0.938 bits per heavy atom. The van der Waals surface area contributed by atoms with Crippen LogP contribution in [0.5, 0.6) is 5.75 Å². The summed E-state index contributed by atoms with van der Waals surface area (Å²) in [4.78, 5) is 0. The Labute approximate surface area is 95.0 Å². The van der Waals surface area contributed by atoms with E-state index < -0.39 is 0 Å². The third-order valence-corrected chi connectivity index (χ3v) is 2.31. The molecule has 0 saturated carbocycles. The van der Waals surface area contributed by atoms with Crippen LogP contribution in [0.25, 0.3) is 0 Å². The van der Waals surface area contributed by atoms with E-state index in [0.29, 0.717) is 6.61 Å². The van der Waals surface area contributed by atoms with Gasteiger partial charge in [0.25, 0.3) is 0 Å². The third-order valence-electron chi connectivity index (χ3n) is 2.31. The van der Waals surface area contributed by atoms with Crippen LogP contribution < -0.4 is 4.74 Å². The van der Waals surface area contributed by atoms with Crippen molar-refractivity contribution >= 4 is 6.21 Å². The summed E-state index contributed by atoms with van der Waals surface area (Å²) in [5, 5.41) is 7.26. The number of ether oxygens (including phenoxy) is 1. The highest BCUT2D eigenvalue weighted by Crippen LogP contribution is 2.17. The largest absolute Gasteiger partial charge is 0.488 e. The summed E-state index contributed by atoms with van der Waals surface area (Å²) in [5.74, 6) is 0.751. The number of benzene rings is 2. The van der Waals surface area contributed by atoms with Gasteiger partial charge in [0.2, 0.25) is 0 Å². The van der Waals surface area contributed by atoms with Crippen molar-refractivity contribution in [3.05, 3.63) is 65.7 Å². The van der Waals surface area contributed by atoms with Crippen molar-refractivity contribution in [1.29, 1.82) is 5.41 Å². The molecule has 0 amide bonds. The molecule has 2 aromatic rings. The van der Waals surface area contributed by atoms with Gasteiger partial charge >= 0.3 is 0 Å². The highest BCUT2D eigenvalue weighted by Gasteiger charge is 1.99. The Hall–Kier alpha value is -2.09. The van der Waals surface area contributed by atoms with Gasteiger partial charge in [0.1, 0.15) is 12.4 Å². The summed E-state index contributed by atoms with van der Waals surface area (Å²) in [7, 11) is 0. The minimum absolute atomic E-state index is 0.533. The van der Waals surface area contributed by atoms with Gasteiger partial charge in [0.05, 0.1) is 0 Å². The van der Waals surface area contributed by atoms with E-state index in [9.17, 15) is 0 Å². The zero-order chi connectivity index (χ0) is 11.2. The van der Waals surface area contributed by atoms with Crippen LogP contribution >= 0.6 is 0 Å². The maximum absolute atomic E-state index is 7.26. The molecular weight excluding hydrogens is 198 g/mol. The van der Waals surface area contributed by atoms with Gasteiger partial charge in [0.15, 0.2) is 0 Å². The van der Waals surface area contributed by atoms with E-state index in [2.05, 4.69) is 0 Å². The monoisotopic (exact) mass is 211 g/mol. The first-order chi connectivity index (χ1) is 7.90. The van der Waals surface area contributed by atoms with Crippen LogP contribution in [-0.2, 0) is 6.61 Å². The summed E-state index contributed by atoms with van der Waals surface area (Å²) >= 11 is 0. The van der Waals surface area contributed by atoms with E-state index in [-0.39, 0.29) is 0 Å². The minimum atomic E-state index is 0.533. The molecule has 0 bridgehead atoms. The minimum Gasteiger partial charge on any atom is -0.488 e. The highest BCUT2D eigenvalue weighted by atomic mass is 16.5. The molecule has 0 spiro atoms. The molecule has 0 fully saturated rings. The first kappa shape index (κ1) is 10.4. The summed E-state index contributed by atoms with van der Waals surface area (Å²) in [5.41, 5.74) is 1.93. The van der Waals surface area contributed by atoms with Gasteiger partial charge in [-0.1, -0.05) is 42.5 Å². The SMILES string of the molecule is N=Cc1ccccc1OCc1ccccc1. The van der Waals surface area contributed by atoms with Gasteiger partial charge in [0, 0.05) is 11.8 Å². The van der Waals surface area contributed by atoms with Gasteiger partial charge in [-0.15, -0.1) is 0 Å². The van der Waals surface area contributed by atoms with E-state index in [1.54, 1.807) is 0 Å². The lowest BCUT2D eigenvalue weighted by atomic mass is 10.2. The number of para-hydroxylation sites is 1. The first-order valence-corrected chi connectivity index (χ1v) is 5.16. The Morgan fingerprint density at radius 3 is 2.38 bits per heavy atom. The van der Waals surface area contributed by atoms with E-state index in [1.807, 2.05) is 54.6 Å². The Kier molecular flexibility index (Phi) is 3.34. The first-order valence-electron chi connectivity index (χ1n) is 5.16. The standard InChI is InChI=1S/C14H13NO/c15-10-13-8-4-5-9-14(13)16-11-12-6-2-1-3-7-12/h1-10,15H,11H2. The molecule has 80 valence electrons. The molecule has 0 atom stereocenters. The average Bonchev–Trinajstić information content (AvgIpc) is 2.38. The van der Waals surface area contributed by atoms with Crippen LogP contribution in [0.1, 0.15) is 11.1 Å². The van der Waals surface area contributed by atoms with Crippen molar-refractivity contribution < 1.29 is 4.74 Å². The van der Waals surface area contributed by atoms with Crippen molar-refractivity contribution in [3.63, 3.8) is 0 Å². The summed E-state index contributed by atoms with van der Waals surface area (Å²) < 4.78 is 5.66. The van der Waals surface area contributed by atoms with Crippen LogP contribution in [-0.4, -0.2) is 6.21 Å². The maximum atomic E-state index is 7.26. The van der Waals surface area contributed by atoms with Gasteiger partial charge in [-0.05, 0) is 17.7 Å². The number of hydrogen-bond acceptors (Lipinski definition) is 2. The summed E-state index contributed by atoms with van der Waals surface area (Å²) in [6.45, 7) is 0.533. The molecule has 0 heterocycles. The topological polar surface area (TPSA) is 33.1 Å². The Morgan fingerprint density at radius 2 is 1.62 bits per heavy atom. The molecule has 2 rings (SSSR count). The lowest BCUT2D eigenvalue weighted by molar-refractivity contribution is 0.306. The third kappa shape index (κ3) is 2.48. The molecular formula is C14H13NO. The van der Waals surface area contributed by atoms with Crippen LogP contribution in [0.15, 0.2) is 54.6 Å². The van der Waals surface area contributed by atoms with Gasteiger partial charge < -0.3 is 10.1 Å². The molecule has 0 aliphatic carbocycles. The predicted molar refractivity (Wildman–Crippen MR) is 65.1 cm³/mol. The smallest absolute Gasteiger partial charge is 0.128 e. The highest BCUT2D eigenvalue weighted by molar-refractivity contribution is 5.80. The lowest BCUT2D eigenvalue weighted by Crippen LogP contribution is -1.97. The normalized spacial score (nSPS) is 9.75. The summed E-state index contributed by atoms with van der Waals surface area (Å²) in [6.07, 6.45) is 1.31. The van der Waals surface area contributed by atoms with Crippen molar-refractivity contribution in [2.24, 2.45) is 0 Å². The van der Waals surface area contributed by atoms with Crippen molar-refractivity contribution in [3.8, 4) is 5.75 Å². The fourth-order valence-corrected chi connectivity index (χ4v) is 1.47. The van der Waals surface area contributed by atoms with Gasteiger partial charge in [-0.2, -0.15) is 0 Å². The van der Waals surface area contributed by atoms with Crippen molar-refractivity contribution in [1.82, 2.24) is 0 Å². The van der Waals surface area contributed by atoms with E-state index in [4.69, 9.17) is 10.1 Å². The molecule has 1 N–H and O–H groups in total. The number of nitrogens with one attached hydrogen (secondary N) is 1. The molecule has 0 unspecified atom stereocenters. The fourth-order valence-electron chi connectivity index (χ4n) is 1.47. The Balaban J connectivity index is 2.08. The van der Waals surface area contributed by atoms with Crippen molar-refractivity contribution in [2.45, 2.75) is 6.61 Å². The lowest BCUT2D eigenvalue weighted by Gasteiger charge is -2.08. The molecule has 16 heavy (non-hydrogen) atoms. The molecule has 2 heteroatoms. The zero-order valence-electron chi connectivity index (χ0n) is 8.89.